The molecule has 2 atom stereocenters. The van der Waals surface area contributed by atoms with Crippen molar-refractivity contribution in [1.82, 2.24) is 0 Å². The molecule has 0 radical (unpaired) electrons. The summed E-state index contributed by atoms with van der Waals surface area (Å²) in [5, 5.41) is 0. The highest BCUT2D eigenvalue weighted by molar-refractivity contribution is 7.47. The Balaban J connectivity index is 3.99. The van der Waals surface area contributed by atoms with Gasteiger partial charge in [0, 0.05) is 19.6 Å². The molecule has 0 bridgehead atoms. The molecule has 0 amide bonds. The van der Waals surface area contributed by atoms with Gasteiger partial charge in [-0.1, -0.05) is 247 Å². The first-order valence-corrected chi connectivity index (χ1v) is 29.1. The normalized spacial score (nSPS) is 13.9. The lowest BCUT2D eigenvalue weighted by atomic mass is 10.0. The molecule has 67 heavy (non-hydrogen) atoms. The third-order valence-corrected chi connectivity index (χ3v) is 12.6. The number of carbonyl (C=O) groups excluding carboxylic acids is 1. The molecule has 0 aromatic heterocycles. The molecule has 0 rings (SSSR count). The molecule has 0 aliphatic carbocycles. The van der Waals surface area contributed by atoms with Crippen LogP contribution in [0.5, 0.6) is 0 Å². The van der Waals surface area contributed by atoms with Crippen molar-refractivity contribution in [1.29, 1.82) is 0 Å². The van der Waals surface area contributed by atoms with Gasteiger partial charge in [0.25, 0.3) is 0 Å². The van der Waals surface area contributed by atoms with E-state index in [0.29, 0.717) is 13.0 Å². The first-order valence-electron chi connectivity index (χ1n) is 27.6. The number of unbranched alkanes of at least 4 members (excludes halogenated alkanes) is 25. The summed E-state index contributed by atoms with van der Waals surface area (Å²) in [7, 11) is -4.30. The van der Waals surface area contributed by atoms with E-state index < -0.39 is 13.9 Å². The van der Waals surface area contributed by atoms with Gasteiger partial charge in [-0.25, -0.2) is 4.57 Å². The number of esters is 1. The maximum absolute atomic E-state index is 12.7. The molecule has 0 fully saturated rings. The quantitative estimate of drug-likeness (QED) is 0.0268. The second kappa shape index (κ2) is 54.6. The van der Waals surface area contributed by atoms with Crippen molar-refractivity contribution in [3.8, 4) is 0 Å². The van der Waals surface area contributed by atoms with Gasteiger partial charge in [0.15, 0.2) is 0 Å². The van der Waals surface area contributed by atoms with Crippen molar-refractivity contribution in [2.24, 2.45) is 5.73 Å². The molecular formula is C58H104NO7P. The Kier molecular flexibility index (Phi) is 52.7. The molecule has 0 aliphatic heterocycles. The van der Waals surface area contributed by atoms with Gasteiger partial charge in [0.2, 0.25) is 0 Å². The molecule has 0 aromatic carbocycles. The molecule has 0 aliphatic rings. The van der Waals surface area contributed by atoms with Gasteiger partial charge in [-0.3, -0.25) is 13.8 Å². The predicted octanol–water partition coefficient (Wildman–Crippen LogP) is 17.6. The minimum Gasteiger partial charge on any atom is -0.457 e. The van der Waals surface area contributed by atoms with Crippen LogP contribution in [0.1, 0.15) is 239 Å². The number of hydrogen-bond donors (Lipinski definition) is 2. The lowest BCUT2D eigenvalue weighted by molar-refractivity contribution is -0.154. The Morgan fingerprint density at radius 3 is 1.24 bits per heavy atom. The first kappa shape index (κ1) is 64.7. The minimum absolute atomic E-state index is 0.0915. The fourth-order valence-electron chi connectivity index (χ4n) is 7.57. The van der Waals surface area contributed by atoms with E-state index in [1.165, 1.54) is 135 Å². The third-order valence-electron chi connectivity index (χ3n) is 11.6. The van der Waals surface area contributed by atoms with E-state index in [2.05, 4.69) is 98.9 Å². The fourth-order valence-corrected chi connectivity index (χ4v) is 8.33. The monoisotopic (exact) mass is 958 g/mol. The number of rotatable bonds is 52. The Hall–Kier alpha value is -2.32. The highest BCUT2D eigenvalue weighted by Crippen LogP contribution is 2.43. The summed E-state index contributed by atoms with van der Waals surface area (Å²) < 4.78 is 33.6. The zero-order valence-electron chi connectivity index (χ0n) is 43.4. The van der Waals surface area contributed by atoms with Gasteiger partial charge in [0.1, 0.15) is 6.10 Å². The van der Waals surface area contributed by atoms with E-state index in [1.54, 1.807) is 0 Å². The van der Waals surface area contributed by atoms with E-state index in [4.69, 9.17) is 24.3 Å². The molecule has 9 heteroatoms. The standard InChI is InChI=1S/C58H104NO7P/c1-3-5-7-9-11-13-15-17-19-21-23-25-27-28-29-31-33-35-37-39-41-43-45-47-49-51-58(60)66-57(56-65-67(61,62)64-54-52-59)55-63-53-50-48-46-44-42-40-38-36-34-32-30-26-24-22-20-18-16-14-12-10-8-6-4-2/h5,7,11,13,17,19,23,25,28-29,33,35,39,41,57H,3-4,6,8-10,12,14-16,18,20-22,24,26-27,30-32,34,36-38,40,42-56,59H2,1-2H3,(H,61,62)/b7-5-,13-11-,19-17-,25-23-,29-28-,35-33-,41-39-. The average molecular weight is 958 g/mol. The van der Waals surface area contributed by atoms with Crippen LogP contribution >= 0.6 is 7.82 Å². The summed E-state index contributed by atoms with van der Waals surface area (Å²) in [6, 6.07) is 0. The Morgan fingerprint density at radius 2 is 0.836 bits per heavy atom. The van der Waals surface area contributed by atoms with Crippen molar-refractivity contribution in [2.45, 2.75) is 245 Å². The predicted molar refractivity (Wildman–Crippen MR) is 288 cm³/mol. The number of phosphoric acid groups is 1. The van der Waals surface area contributed by atoms with Crippen molar-refractivity contribution < 1.29 is 32.8 Å². The molecule has 0 saturated carbocycles. The molecule has 0 aromatic rings. The van der Waals surface area contributed by atoms with E-state index in [0.717, 1.165) is 77.0 Å². The highest BCUT2D eigenvalue weighted by Gasteiger charge is 2.25. The lowest BCUT2D eigenvalue weighted by Gasteiger charge is -2.20. The van der Waals surface area contributed by atoms with Crippen LogP contribution in [0.15, 0.2) is 85.1 Å². The highest BCUT2D eigenvalue weighted by atomic mass is 31.2. The smallest absolute Gasteiger partial charge is 0.457 e. The zero-order chi connectivity index (χ0) is 48.7. The van der Waals surface area contributed by atoms with Crippen LogP contribution in [0.4, 0.5) is 0 Å². The van der Waals surface area contributed by atoms with Gasteiger partial charge in [0.05, 0.1) is 19.8 Å². The number of allylic oxidation sites excluding steroid dienone is 14. The van der Waals surface area contributed by atoms with Crippen LogP contribution in [-0.2, 0) is 27.9 Å². The number of ether oxygens (including phenoxy) is 2. The molecule has 8 nitrogen and oxygen atoms in total. The number of carbonyl (C=O) groups is 1. The summed E-state index contributed by atoms with van der Waals surface area (Å²) in [5.74, 6) is -0.361. The minimum atomic E-state index is -4.30. The van der Waals surface area contributed by atoms with Gasteiger partial charge in [-0.05, 0) is 70.6 Å². The van der Waals surface area contributed by atoms with Crippen LogP contribution in [0.3, 0.4) is 0 Å². The molecule has 3 N–H and O–H groups in total. The summed E-state index contributed by atoms with van der Waals surface area (Å²) in [6.07, 6.45) is 72.0. The van der Waals surface area contributed by atoms with Crippen LogP contribution in [0, 0.1) is 0 Å². The second-order valence-corrected chi connectivity index (χ2v) is 19.5. The average Bonchev–Trinajstić information content (AvgIpc) is 3.32. The fraction of sp³-hybridized carbons (Fsp3) is 0.741. The summed E-state index contributed by atoms with van der Waals surface area (Å²) in [5.41, 5.74) is 5.40. The van der Waals surface area contributed by atoms with Crippen LogP contribution in [-0.4, -0.2) is 49.9 Å². The molecule has 0 spiro atoms. The summed E-state index contributed by atoms with van der Waals surface area (Å²) >= 11 is 0. The van der Waals surface area contributed by atoms with Gasteiger partial charge < -0.3 is 20.1 Å². The third kappa shape index (κ3) is 54.5. The van der Waals surface area contributed by atoms with Crippen molar-refractivity contribution >= 4 is 13.8 Å². The van der Waals surface area contributed by atoms with E-state index in [9.17, 15) is 14.3 Å². The first-order chi connectivity index (χ1) is 32.9. The van der Waals surface area contributed by atoms with Crippen molar-refractivity contribution in [2.75, 3.05) is 33.0 Å². The molecule has 0 saturated heterocycles. The van der Waals surface area contributed by atoms with Gasteiger partial charge in [-0.2, -0.15) is 0 Å². The van der Waals surface area contributed by atoms with Gasteiger partial charge in [-0.15, -0.1) is 0 Å². The van der Waals surface area contributed by atoms with Gasteiger partial charge >= 0.3 is 13.8 Å². The van der Waals surface area contributed by atoms with E-state index in [1.807, 2.05) is 0 Å². The Labute approximate surface area is 413 Å². The SMILES string of the molecule is CC/C=C\C/C=C\C/C=C\C/C=C\C/C=C\C/C=C\C/C=C\CCCCCC(=O)OC(COCCCCCCCCCCCCCCCCCCCCCCCCC)COP(=O)(O)OCCN. The molecular weight excluding hydrogens is 854 g/mol. The van der Waals surface area contributed by atoms with Crippen molar-refractivity contribution in [3.05, 3.63) is 85.1 Å². The van der Waals surface area contributed by atoms with E-state index >= 15 is 0 Å². The lowest BCUT2D eigenvalue weighted by Crippen LogP contribution is -2.28. The topological polar surface area (TPSA) is 117 Å². The summed E-state index contributed by atoms with van der Waals surface area (Å²) in [6.45, 7) is 4.79. The molecule has 2 unspecified atom stereocenters. The molecule has 0 heterocycles. The summed E-state index contributed by atoms with van der Waals surface area (Å²) in [4.78, 5) is 22.6. The Morgan fingerprint density at radius 1 is 0.463 bits per heavy atom. The van der Waals surface area contributed by atoms with Crippen LogP contribution < -0.4 is 5.73 Å². The zero-order valence-corrected chi connectivity index (χ0v) is 44.3. The van der Waals surface area contributed by atoms with E-state index in [-0.39, 0.29) is 38.8 Å². The number of hydrogen-bond acceptors (Lipinski definition) is 7. The Bertz CT molecular complexity index is 1310. The van der Waals surface area contributed by atoms with Crippen molar-refractivity contribution in [3.63, 3.8) is 0 Å². The largest absolute Gasteiger partial charge is 0.472 e. The second-order valence-electron chi connectivity index (χ2n) is 18.1. The molecule has 388 valence electrons. The van der Waals surface area contributed by atoms with Crippen LogP contribution in [0.25, 0.3) is 0 Å². The number of phosphoric ester groups is 1. The maximum atomic E-state index is 12.7. The maximum Gasteiger partial charge on any atom is 0.472 e. The van der Waals surface area contributed by atoms with Crippen LogP contribution in [0.2, 0.25) is 0 Å². The number of nitrogens with two attached hydrogens (primary N) is 1.